The smallest absolute Gasteiger partial charge is 0.260 e. The number of nitrogens with one attached hydrogen (secondary N) is 1. The number of rotatable bonds is 1. The predicted octanol–water partition coefficient (Wildman–Crippen LogP) is 4.05. The van der Waals surface area contributed by atoms with Crippen LogP contribution in [0.4, 0.5) is 18.9 Å². The number of amides is 1. The highest BCUT2D eigenvalue weighted by Crippen LogP contribution is 2.44. The zero-order valence-electron chi connectivity index (χ0n) is 13.9. The largest absolute Gasteiger partial charge is 0.482 e. The van der Waals surface area contributed by atoms with Crippen LogP contribution >= 0.6 is 0 Å². The Morgan fingerprint density at radius 3 is 2.54 bits per heavy atom. The zero-order valence-corrected chi connectivity index (χ0v) is 13.9. The van der Waals surface area contributed by atoms with Crippen molar-refractivity contribution in [3.8, 4) is 0 Å². The number of carbonyl (C=O) groups excluding carboxylic acids is 1. The van der Waals surface area contributed by atoms with Gasteiger partial charge in [0.1, 0.15) is 11.4 Å². The summed E-state index contributed by atoms with van der Waals surface area (Å²) in [5, 5.41) is 2.51. The summed E-state index contributed by atoms with van der Waals surface area (Å²) in [6, 6.07) is 4.69. The fourth-order valence-corrected chi connectivity index (χ4v) is 3.16. The zero-order chi connectivity index (χ0) is 18.6. The van der Waals surface area contributed by atoms with Crippen LogP contribution in [0.5, 0.6) is 0 Å². The molecule has 0 spiro atoms. The molecule has 132 valence electrons. The summed E-state index contributed by atoms with van der Waals surface area (Å²) in [6.07, 6.45) is 3.01. The molecular weight excluding hydrogens is 345 g/mol. The molecule has 2 aliphatic heterocycles. The molecule has 0 radical (unpaired) electrons. The van der Waals surface area contributed by atoms with E-state index >= 15 is 0 Å². The number of carbonyl (C=O) groups is 1. The van der Waals surface area contributed by atoms with Crippen LogP contribution < -0.4 is 5.32 Å². The Kier molecular flexibility index (Phi) is 3.44. The highest BCUT2D eigenvalue weighted by molar-refractivity contribution is 6.32. The SMILES string of the molecule is CC1(C)O/C(=C2/C(=O)Nc3cc(F)c(F)cc32)C=C1c1ccc(F)nc1. The molecule has 0 fully saturated rings. The summed E-state index contributed by atoms with van der Waals surface area (Å²) in [4.78, 5) is 16.0. The normalized spacial score (nSPS) is 20.5. The van der Waals surface area contributed by atoms with Gasteiger partial charge < -0.3 is 10.1 Å². The van der Waals surface area contributed by atoms with E-state index in [-0.39, 0.29) is 22.6 Å². The summed E-state index contributed by atoms with van der Waals surface area (Å²) in [5.41, 5.74) is 1.05. The number of halogens is 3. The molecule has 1 aromatic carbocycles. The first-order valence-corrected chi connectivity index (χ1v) is 7.84. The molecule has 4 nitrogen and oxygen atoms in total. The lowest BCUT2D eigenvalue weighted by atomic mass is 9.93. The van der Waals surface area contributed by atoms with E-state index in [1.807, 2.05) is 0 Å². The Morgan fingerprint density at radius 2 is 1.85 bits per heavy atom. The second-order valence-electron chi connectivity index (χ2n) is 6.55. The van der Waals surface area contributed by atoms with E-state index in [2.05, 4.69) is 10.3 Å². The fraction of sp³-hybridized carbons (Fsp3) is 0.158. The van der Waals surface area contributed by atoms with Crippen LogP contribution in [-0.4, -0.2) is 16.5 Å². The number of allylic oxidation sites excluding steroid dienone is 1. The Morgan fingerprint density at radius 1 is 1.12 bits per heavy atom. The second kappa shape index (κ2) is 5.45. The number of hydrogen-bond donors (Lipinski definition) is 1. The highest BCUT2D eigenvalue weighted by Gasteiger charge is 2.38. The van der Waals surface area contributed by atoms with Gasteiger partial charge in [0.05, 0.1) is 11.3 Å². The van der Waals surface area contributed by atoms with Gasteiger partial charge in [-0.05, 0) is 38.1 Å². The van der Waals surface area contributed by atoms with Crippen LogP contribution in [0.1, 0.15) is 25.0 Å². The average Bonchev–Trinajstić information content (AvgIpc) is 3.04. The number of anilines is 1. The van der Waals surface area contributed by atoms with Crippen molar-refractivity contribution in [3.63, 3.8) is 0 Å². The van der Waals surface area contributed by atoms with Gasteiger partial charge in [-0.25, -0.2) is 13.8 Å². The van der Waals surface area contributed by atoms with E-state index < -0.39 is 29.1 Å². The van der Waals surface area contributed by atoms with Crippen molar-refractivity contribution in [1.29, 1.82) is 0 Å². The van der Waals surface area contributed by atoms with Crippen molar-refractivity contribution in [3.05, 3.63) is 71.0 Å². The van der Waals surface area contributed by atoms with Crippen molar-refractivity contribution in [2.45, 2.75) is 19.4 Å². The minimum Gasteiger partial charge on any atom is -0.482 e. The van der Waals surface area contributed by atoms with Gasteiger partial charge in [0.15, 0.2) is 11.6 Å². The van der Waals surface area contributed by atoms with Crippen molar-refractivity contribution in [2.75, 3.05) is 5.32 Å². The van der Waals surface area contributed by atoms with Crippen molar-refractivity contribution in [1.82, 2.24) is 4.98 Å². The standard InChI is InChI=1S/C19H13F3N2O2/c1-19(2)11(9-3-4-16(22)23-8-9)6-15(26-19)17-10-5-12(20)13(21)7-14(10)24-18(17)25/h3-8H,1-2H3,(H,24,25)/b17-15+. The third kappa shape index (κ3) is 2.47. The summed E-state index contributed by atoms with van der Waals surface area (Å²) in [7, 11) is 0. The number of benzene rings is 1. The van der Waals surface area contributed by atoms with E-state index in [1.165, 1.54) is 12.3 Å². The van der Waals surface area contributed by atoms with Crippen LogP contribution in [0, 0.1) is 17.6 Å². The minimum absolute atomic E-state index is 0.122. The molecular formula is C19H13F3N2O2. The third-order valence-corrected chi connectivity index (χ3v) is 4.38. The van der Waals surface area contributed by atoms with Gasteiger partial charge in [-0.1, -0.05) is 0 Å². The van der Waals surface area contributed by atoms with Gasteiger partial charge in [-0.3, -0.25) is 4.79 Å². The molecule has 1 N–H and O–H groups in total. The van der Waals surface area contributed by atoms with E-state index in [9.17, 15) is 18.0 Å². The Bertz CT molecular complexity index is 1010. The lowest BCUT2D eigenvalue weighted by Crippen LogP contribution is -2.21. The number of hydrogen-bond acceptors (Lipinski definition) is 3. The van der Waals surface area contributed by atoms with E-state index in [4.69, 9.17) is 4.74 Å². The highest BCUT2D eigenvalue weighted by atomic mass is 19.2. The third-order valence-electron chi connectivity index (χ3n) is 4.38. The molecule has 0 atom stereocenters. The maximum Gasteiger partial charge on any atom is 0.260 e. The van der Waals surface area contributed by atoms with Gasteiger partial charge in [-0.2, -0.15) is 4.39 Å². The Labute approximate surface area is 147 Å². The van der Waals surface area contributed by atoms with Crippen LogP contribution in [0.25, 0.3) is 11.1 Å². The molecule has 26 heavy (non-hydrogen) atoms. The first-order valence-electron chi connectivity index (χ1n) is 7.84. The summed E-state index contributed by atoms with van der Waals surface area (Å²) < 4.78 is 46.1. The second-order valence-corrected chi connectivity index (χ2v) is 6.55. The van der Waals surface area contributed by atoms with E-state index in [1.54, 1.807) is 26.0 Å². The van der Waals surface area contributed by atoms with Gasteiger partial charge >= 0.3 is 0 Å². The molecule has 0 saturated heterocycles. The van der Waals surface area contributed by atoms with Crippen molar-refractivity contribution < 1.29 is 22.7 Å². The van der Waals surface area contributed by atoms with Crippen LogP contribution in [0.3, 0.4) is 0 Å². The summed E-state index contributed by atoms with van der Waals surface area (Å²) in [6.45, 7) is 3.57. The van der Waals surface area contributed by atoms with Gasteiger partial charge in [-0.15, -0.1) is 0 Å². The number of fused-ring (bicyclic) bond motifs is 1. The van der Waals surface area contributed by atoms with E-state index in [0.29, 0.717) is 11.1 Å². The van der Waals surface area contributed by atoms with Crippen molar-refractivity contribution >= 4 is 22.7 Å². The molecule has 0 bridgehead atoms. The Hall–Kier alpha value is -3.09. The molecule has 0 unspecified atom stereocenters. The van der Waals surface area contributed by atoms with Gasteiger partial charge in [0.25, 0.3) is 5.91 Å². The summed E-state index contributed by atoms with van der Waals surface area (Å²) in [5.74, 6) is -2.98. The molecule has 2 aromatic rings. The van der Waals surface area contributed by atoms with Crippen LogP contribution in [0.15, 0.2) is 42.3 Å². The lowest BCUT2D eigenvalue weighted by molar-refractivity contribution is -0.111. The topological polar surface area (TPSA) is 51.2 Å². The molecule has 3 heterocycles. The maximum atomic E-state index is 13.7. The molecule has 4 rings (SSSR count). The number of pyridine rings is 1. The minimum atomic E-state index is -1.05. The van der Waals surface area contributed by atoms with Gasteiger partial charge in [0, 0.05) is 29.0 Å². The molecule has 2 aliphatic rings. The summed E-state index contributed by atoms with van der Waals surface area (Å²) >= 11 is 0. The molecule has 1 aromatic heterocycles. The Balaban J connectivity index is 1.88. The van der Waals surface area contributed by atoms with Crippen molar-refractivity contribution in [2.24, 2.45) is 0 Å². The quantitative estimate of drug-likeness (QED) is 0.618. The molecule has 7 heteroatoms. The van der Waals surface area contributed by atoms with Crippen LogP contribution in [0.2, 0.25) is 0 Å². The molecule has 0 aliphatic carbocycles. The fourth-order valence-electron chi connectivity index (χ4n) is 3.16. The van der Waals surface area contributed by atoms with Crippen LogP contribution in [-0.2, 0) is 9.53 Å². The number of ether oxygens (including phenoxy) is 1. The number of aromatic nitrogens is 1. The average molecular weight is 358 g/mol. The number of nitrogens with zero attached hydrogens (tertiary/aromatic N) is 1. The predicted molar refractivity (Wildman–Crippen MR) is 89.2 cm³/mol. The lowest BCUT2D eigenvalue weighted by Gasteiger charge is -2.23. The molecule has 0 saturated carbocycles. The maximum absolute atomic E-state index is 13.7. The first-order chi connectivity index (χ1) is 12.3. The molecule has 1 amide bonds. The monoisotopic (exact) mass is 358 g/mol. The first kappa shape index (κ1) is 16.4. The van der Waals surface area contributed by atoms with E-state index in [0.717, 1.165) is 12.1 Å². The van der Waals surface area contributed by atoms with Gasteiger partial charge in [0.2, 0.25) is 5.95 Å².